The summed E-state index contributed by atoms with van der Waals surface area (Å²) in [7, 11) is 0. The Labute approximate surface area is 195 Å². The van der Waals surface area contributed by atoms with Crippen LogP contribution in [0.5, 0.6) is 0 Å². The Morgan fingerprint density at radius 2 is 1.81 bits per heavy atom. The van der Waals surface area contributed by atoms with Gasteiger partial charge in [0, 0.05) is 33.5 Å². The Balaban J connectivity index is 1.42. The summed E-state index contributed by atoms with van der Waals surface area (Å²) < 4.78 is 1.96. The largest absolute Gasteiger partial charge is 0.342 e. The Kier molecular flexibility index (Phi) is 5.81. The lowest BCUT2D eigenvalue weighted by atomic mass is 10.1. The molecule has 32 heavy (non-hydrogen) atoms. The second-order valence-corrected chi connectivity index (χ2v) is 9.50. The third kappa shape index (κ3) is 4.08. The molecular weight excluding hydrogens is 442 g/mol. The fourth-order valence-corrected chi connectivity index (χ4v) is 5.47. The Morgan fingerprint density at radius 3 is 2.69 bits per heavy atom. The molecule has 0 spiro atoms. The van der Waals surface area contributed by atoms with Gasteiger partial charge in [0.2, 0.25) is 0 Å². The maximum absolute atomic E-state index is 13.1. The van der Waals surface area contributed by atoms with Crippen LogP contribution in [-0.2, 0) is 24.2 Å². The van der Waals surface area contributed by atoms with Gasteiger partial charge in [-0.1, -0.05) is 54.4 Å². The van der Waals surface area contributed by atoms with Gasteiger partial charge in [-0.2, -0.15) is 0 Å². The third-order valence-electron chi connectivity index (χ3n) is 5.85. The van der Waals surface area contributed by atoms with Crippen molar-refractivity contribution >= 4 is 50.7 Å². The van der Waals surface area contributed by atoms with Crippen LogP contribution in [-0.4, -0.2) is 21.2 Å². The molecular formula is C25H22ClN3O2S. The Bertz CT molecular complexity index is 1300. The second kappa shape index (κ2) is 8.88. The minimum absolute atomic E-state index is 0.378. The monoisotopic (exact) mass is 463 g/mol. The number of carbonyl (C=O) groups is 2. The van der Waals surface area contributed by atoms with Crippen molar-refractivity contribution in [3.05, 3.63) is 81.4 Å². The van der Waals surface area contributed by atoms with Gasteiger partial charge in [-0.3, -0.25) is 14.9 Å². The number of para-hydroxylation sites is 1. The second-order valence-electron chi connectivity index (χ2n) is 8.01. The fraction of sp³-hybridized carbons (Fsp3) is 0.240. The number of anilines is 1. The van der Waals surface area contributed by atoms with Crippen LogP contribution in [0.1, 0.15) is 45.8 Å². The minimum atomic E-state index is -0.658. The number of hydrogen-bond acceptors (Lipinski definition) is 4. The van der Waals surface area contributed by atoms with Crippen LogP contribution < -0.4 is 5.32 Å². The molecule has 0 bridgehead atoms. The predicted octanol–water partition coefficient (Wildman–Crippen LogP) is 5.89. The van der Waals surface area contributed by atoms with Crippen LogP contribution in [0.3, 0.4) is 0 Å². The summed E-state index contributed by atoms with van der Waals surface area (Å²) in [6.45, 7) is 0.508. The van der Waals surface area contributed by atoms with Crippen molar-refractivity contribution in [2.45, 2.75) is 38.6 Å². The van der Waals surface area contributed by atoms with Crippen molar-refractivity contribution in [3.8, 4) is 0 Å². The summed E-state index contributed by atoms with van der Waals surface area (Å²) in [6, 6.07) is 15.2. The maximum atomic E-state index is 13.1. The molecule has 1 amide bonds. The standard InChI is InChI=1S/C25H22ClN3O2S/c26-19-10-6-4-8-16(19)14-29-15-18(17-9-5-7-12-21(17)29)23(30)24(31)28-25-27-20-11-2-1-3-13-22(20)32-25/h4-10,12,15H,1-3,11,13-14H2,(H,27,28,31). The number of nitrogens with zero attached hydrogens (tertiary/aromatic N) is 2. The van der Waals surface area contributed by atoms with Gasteiger partial charge < -0.3 is 4.57 Å². The highest BCUT2D eigenvalue weighted by Crippen LogP contribution is 2.30. The zero-order valence-corrected chi connectivity index (χ0v) is 19.0. The highest BCUT2D eigenvalue weighted by molar-refractivity contribution is 7.16. The molecule has 2 aromatic carbocycles. The lowest BCUT2D eigenvalue weighted by molar-refractivity contribution is -0.112. The number of Topliss-reactive ketones (excluding diaryl/α,β-unsaturated/α-hetero) is 1. The molecule has 0 atom stereocenters. The quantitative estimate of drug-likeness (QED) is 0.228. The molecule has 5 rings (SSSR count). The van der Waals surface area contributed by atoms with Gasteiger partial charge in [-0.25, -0.2) is 4.98 Å². The van der Waals surface area contributed by atoms with Crippen molar-refractivity contribution < 1.29 is 9.59 Å². The van der Waals surface area contributed by atoms with Crippen LogP contribution in [0.25, 0.3) is 10.9 Å². The third-order valence-corrected chi connectivity index (χ3v) is 7.30. The number of rotatable bonds is 5. The van der Waals surface area contributed by atoms with E-state index in [-0.39, 0.29) is 0 Å². The number of amides is 1. The van der Waals surface area contributed by atoms with Gasteiger partial charge in [0.25, 0.3) is 11.7 Å². The van der Waals surface area contributed by atoms with Crippen LogP contribution in [0.4, 0.5) is 5.13 Å². The van der Waals surface area contributed by atoms with Crippen LogP contribution in [0, 0.1) is 0 Å². The Hall–Kier alpha value is -2.96. The van der Waals surface area contributed by atoms with Gasteiger partial charge in [0.15, 0.2) is 5.13 Å². The maximum Gasteiger partial charge on any atom is 0.298 e. The molecule has 0 saturated carbocycles. The van der Waals surface area contributed by atoms with E-state index in [0.717, 1.165) is 47.8 Å². The summed E-state index contributed by atoms with van der Waals surface area (Å²) in [4.78, 5) is 31.8. The van der Waals surface area contributed by atoms with Crippen molar-refractivity contribution in [1.82, 2.24) is 9.55 Å². The molecule has 2 aromatic heterocycles. The molecule has 7 heteroatoms. The van der Waals surface area contributed by atoms with Crippen LogP contribution in [0.2, 0.25) is 5.02 Å². The number of aryl methyl sites for hydroxylation is 2. The molecule has 2 heterocycles. The van der Waals surface area contributed by atoms with Crippen molar-refractivity contribution in [2.24, 2.45) is 0 Å². The summed E-state index contributed by atoms with van der Waals surface area (Å²) in [6.07, 6.45) is 7.15. The van der Waals surface area contributed by atoms with E-state index in [9.17, 15) is 9.59 Å². The number of nitrogens with one attached hydrogen (secondary N) is 1. The molecule has 0 aliphatic heterocycles. The van der Waals surface area contributed by atoms with E-state index < -0.39 is 11.7 Å². The van der Waals surface area contributed by atoms with Crippen molar-refractivity contribution in [1.29, 1.82) is 0 Å². The molecule has 4 aromatic rings. The zero-order chi connectivity index (χ0) is 22.1. The zero-order valence-electron chi connectivity index (χ0n) is 17.4. The predicted molar refractivity (Wildman–Crippen MR) is 129 cm³/mol. The molecule has 1 aliphatic carbocycles. The normalized spacial score (nSPS) is 13.5. The Morgan fingerprint density at radius 1 is 1.03 bits per heavy atom. The molecule has 5 nitrogen and oxygen atoms in total. The van der Waals surface area contributed by atoms with Crippen LogP contribution in [0.15, 0.2) is 54.7 Å². The first-order valence-electron chi connectivity index (χ1n) is 10.8. The molecule has 0 unspecified atom stereocenters. The molecule has 0 saturated heterocycles. The first-order valence-corrected chi connectivity index (χ1v) is 11.9. The topological polar surface area (TPSA) is 64.0 Å². The average molecular weight is 464 g/mol. The lowest BCUT2D eigenvalue weighted by Gasteiger charge is -2.07. The van der Waals surface area contributed by atoms with E-state index in [4.69, 9.17) is 11.6 Å². The van der Waals surface area contributed by atoms with E-state index in [2.05, 4.69) is 10.3 Å². The van der Waals surface area contributed by atoms with Gasteiger partial charge in [0.05, 0.1) is 11.3 Å². The van der Waals surface area contributed by atoms with Crippen molar-refractivity contribution in [2.75, 3.05) is 5.32 Å². The van der Waals surface area contributed by atoms with Gasteiger partial charge in [-0.05, 0) is 43.4 Å². The van der Waals surface area contributed by atoms with Crippen molar-refractivity contribution in [3.63, 3.8) is 0 Å². The molecule has 0 fully saturated rings. The number of thiazole rings is 1. The number of halogens is 1. The minimum Gasteiger partial charge on any atom is -0.342 e. The number of hydrogen-bond donors (Lipinski definition) is 1. The number of benzene rings is 2. The highest BCUT2D eigenvalue weighted by atomic mass is 35.5. The van der Waals surface area contributed by atoms with Gasteiger partial charge in [-0.15, -0.1) is 11.3 Å². The summed E-state index contributed by atoms with van der Waals surface area (Å²) >= 11 is 7.83. The average Bonchev–Trinajstić information content (AvgIpc) is 3.28. The SMILES string of the molecule is O=C(Nc1nc2c(s1)CCCCC2)C(=O)c1cn(Cc2ccccc2Cl)c2ccccc12. The van der Waals surface area contributed by atoms with Gasteiger partial charge >= 0.3 is 0 Å². The van der Waals surface area contributed by atoms with E-state index in [1.54, 1.807) is 6.20 Å². The number of fused-ring (bicyclic) bond motifs is 2. The molecule has 1 N–H and O–H groups in total. The first kappa shape index (κ1) is 20.9. The van der Waals surface area contributed by atoms with Gasteiger partial charge in [0.1, 0.15) is 0 Å². The van der Waals surface area contributed by atoms with E-state index in [0.29, 0.717) is 22.3 Å². The smallest absolute Gasteiger partial charge is 0.298 e. The van der Waals surface area contributed by atoms with Crippen LogP contribution >= 0.6 is 22.9 Å². The summed E-state index contributed by atoms with van der Waals surface area (Å²) in [5, 5.41) is 4.66. The van der Waals surface area contributed by atoms with E-state index >= 15 is 0 Å². The molecule has 162 valence electrons. The van der Waals surface area contributed by atoms with E-state index in [1.165, 1.54) is 22.6 Å². The number of carbonyl (C=O) groups excluding carboxylic acids is 2. The molecule has 1 aliphatic rings. The summed E-state index contributed by atoms with van der Waals surface area (Å²) in [5.74, 6) is -1.22. The van der Waals surface area contributed by atoms with E-state index in [1.807, 2.05) is 53.1 Å². The summed E-state index contributed by atoms with van der Waals surface area (Å²) in [5.41, 5.74) is 3.27. The highest BCUT2D eigenvalue weighted by Gasteiger charge is 2.24. The first-order chi connectivity index (χ1) is 15.6. The molecule has 0 radical (unpaired) electrons. The number of aromatic nitrogens is 2. The lowest BCUT2D eigenvalue weighted by Crippen LogP contribution is -2.22. The fourth-order valence-electron chi connectivity index (χ4n) is 4.23. The number of ketones is 1.